The maximum Gasteiger partial charge on any atom is 0.162 e. The average molecular weight is 222 g/mol. The quantitative estimate of drug-likeness (QED) is 0.812. The van der Waals surface area contributed by atoms with E-state index in [0.29, 0.717) is 10.6 Å². The molecule has 1 N–H and O–H groups in total. The van der Waals surface area contributed by atoms with Crippen LogP contribution in [0.2, 0.25) is 0 Å². The van der Waals surface area contributed by atoms with Crippen LogP contribution >= 0.6 is 12.2 Å². The molecule has 0 amide bonds. The number of aromatic amines is 1. The summed E-state index contributed by atoms with van der Waals surface area (Å²) in [6, 6.07) is 0. The van der Waals surface area contributed by atoms with E-state index >= 15 is 0 Å². The topological polar surface area (TPSA) is 46.5 Å². The molecule has 0 aliphatic rings. The zero-order valence-corrected chi connectivity index (χ0v) is 9.71. The maximum atomic E-state index is 5.11. The standard InChI is InChI=1S/C10H14N4S/c1-7(2)3-4-14-6-13-10(15)8-9(14)12-5-11-8/h5-7H,3-4H2,1-2H3,(H,11,12). The van der Waals surface area contributed by atoms with Crippen LogP contribution in [0.4, 0.5) is 0 Å². The van der Waals surface area contributed by atoms with Crippen molar-refractivity contribution in [3.8, 4) is 0 Å². The minimum atomic E-state index is 0.586. The van der Waals surface area contributed by atoms with Gasteiger partial charge >= 0.3 is 0 Å². The summed E-state index contributed by atoms with van der Waals surface area (Å²) in [5.41, 5.74) is 1.76. The van der Waals surface area contributed by atoms with Crippen molar-refractivity contribution in [3.63, 3.8) is 0 Å². The molecule has 2 rings (SSSR count). The molecule has 0 aliphatic heterocycles. The fraction of sp³-hybridized carbons (Fsp3) is 0.500. The Bertz CT molecular complexity index is 511. The molecule has 80 valence electrons. The summed E-state index contributed by atoms with van der Waals surface area (Å²) in [6.07, 6.45) is 4.55. The van der Waals surface area contributed by atoms with Crippen LogP contribution in [0.25, 0.3) is 11.2 Å². The summed E-state index contributed by atoms with van der Waals surface area (Å²) < 4.78 is 2.63. The van der Waals surface area contributed by atoms with Gasteiger partial charge in [0.2, 0.25) is 0 Å². The van der Waals surface area contributed by atoms with Crippen LogP contribution in [-0.4, -0.2) is 19.5 Å². The molecule has 0 saturated carbocycles. The molecular formula is C10H14N4S. The highest BCUT2D eigenvalue weighted by molar-refractivity contribution is 7.71. The predicted molar refractivity (Wildman–Crippen MR) is 62.2 cm³/mol. The number of nitrogens with zero attached hydrogens (tertiary/aromatic N) is 3. The van der Waals surface area contributed by atoms with E-state index in [9.17, 15) is 0 Å². The van der Waals surface area contributed by atoms with Crippen molar-refractivity contribution >= 4 is 23.4 Å². The van der Waals surface area contributed by atoms with Gasteiger partial charge in [0.15, 0.2) is 10.3 Å². The summed E-state index contributed by atoms with van der Waals surface area (Å²) in [5, 5.41) is 0. The molecule has 0 spiro atoms. The lowest BCUT2D eigenvalue weighted by Gasteiger charge is -2.08. The van der Waals surface area contributed by atoms with Crippen molar-refractivity contribution in [3.05, 3.63) is 17.3 Å². The lowest BCUT2D eigenvalue weighted by atomic mass is 10.1. The highest BCUT2D eigenvalue weighted by Crippen LogP contribution is 2.11. The molecule has 0 aromatic carbocycles. The molecule has 0 bridgehead atoms. The first-order valence-electron chi connectivity index (χ1n) is 5.07. The van der Waals surface area contributed by atoms with Crippen LogP contribution < -0.4 is 0 Å². The summed E-state index contributed by atoms with van der Waals surface area (Å²) in [7, 11) is 0. The van der Waals surface area contributed by atoms with Gasteiger partial charge in [-0.05, 0) is 12.3 Å². The first-order chi connectivity index (χ1) is 7.18. The Morgan fingerprint density at radius 3 is 3.00 bits per heavy atom. The van der Waals surface area contributed by atoms with Gasteiger partial charge in [-0.3, -0.25) is 0 Å². The van der Waals surface area contributed by atoms with Crippen molar-refractivity contribution in [2.24, 2.45) is 5.92 Å². The van der Waals surface area contributed by atoms with Gasteiger partial charge in [0.25, 0.3) is 0 Å². The second-order valence-electron chi connectivity index (χ2n) is 4.03. The Balaban J connectivity index is 2.39. The summed E-state index contributed by atoms with van der Waals surface area (Å²) in [6.45, 7) is 5.34. The van der Waals surface area contributed by atoms with Gasteiger partial charge in [-0.2, -0.15) is 0 Å². The molecule has 2 aromatic heterocycles. The Labute approximate surface area is 93.4 Å². The molecule has 0 unspecified atom stereocenters. The molecular weight excluding hydrogens is 208 g/mol. The van der Waals surface area contributed by atoms with Gasteiger partial charge < -0.3 is 9.55 Å². The Morgan fingerprint density at radius 1 is 1.47 bits per heavy atom. The van der Waals surface area contributed by atoms with Crippen molar-refractivity contribution in [2.45, 2.75) is 26.8 Å². The SMILES string of the molecule is CC(C)CCn1cnc(=S)c2[nH]cnc21. The highest BCUT2D eigenvalue weighted by atomic mass is 32.1. The largest absolute Gasteiger partial charge is 0.341 e. The van der Waals surface area contributed by atoms with Gasteiger partial charge in [0.05, 0.1) is 12.7 Å². The molecule has 0 saturated heterocycles. The van der Waals surface area contributed by atoms with E-state index in [4.69, 9.17) is 12.2 Å². The zero-order chi connectivity index (χ0) is 10.8. The van der Waals surface area contributed by atoms with Crippen LogP contribution in [0.3, 0.4) is 0 Å². The third kappa shape index (κ3) is 2.07. The lowest BCUT2D eigenvalue weighted by Crippen LogP contribution is -2.04. The van der Waals surface area contributed by atoms with Gasteiger partial charge in [-0.1, -0.05) is 26.1 Å². The smallest absolute Gasteiger partial charge is 0.162 e. The number of aryl methyl sites for hydroxylation is 1. The Hall–Kier alpha value is -1.23. The molecule has 0 fully saturated rings. The molecule has 15 heavy (non-hydrogen) atoms. The van der Waals surface area contributed by atoms with Crippen LogP contribution in [0.15, 0.2) is 12.7 Å². The van der Waals surface area contributed by atoms with Gasteiger partial charge in [0.1, 0.15) is 5.52 Å². The van der Waals surface area contributed by atoms with Crippen molar-refractivity contribution in [1.82, 2.24) is 19.5 Å². The second-order valence-corrected chi connectivity index (χ2v) is 4.41. The average Bonchev–Trinajstić information content (AvgIpc) is 2.66. The molecule has 4 nitrogen and oxygen atoms in total. The summed E-state index contributed by atoms with van der Waals surface area (Å²) in [5.74, 6) is 0.676. The third-order valence-corrected chi connectivity index (χ3v) is 2.68. The second kappa shape index (κ2) is 4.10. The van der Waals surface area contributed by atoms with Crippen LogP contribution in [0.5, 0.6) is 0 Å². The van der Waals surface area contributed by atoms with Gasteiger partial charge in [-0.25, -0.2) is 9.97 Å². The van der Waals surface area contributed by atoms with E-state index in [1.165, 1.54) is 0 Å². The number of hydrogen-bond donors (Lipinski definition) is 1. The fourth-order valence-corrected chi connectivity index (χ4v) is 1.66. The number of nitrogens with one attached hydrogen (secondary N) is 1. The zero-order valence-electron chi connectivity index (χ0n) is 8.90. The van der Waals surface area contributed by atoms with Gasteiger partial charge in [-0.15, -0.1) is 0 Å². The molecule has 0 aliphatic carbocycles. The first-order valence-corrected chi connectivity index (χ1v) is 5.48. The molecule has 5 heteroatoms. The lowest BCUT2D eigenvalue weighted by molar-refractivity contribution is 0.518. The van der Waals surface area contributed by atoms with E-state index in [-0.39, 0.29) is 0 Å². The van der Waals surface area contributed by atoms with Gasteiger partial charge in [0, 0.05) is 6.54 Å². The maximum absolute atomic E-state index is 5.11. The monoisotopic (exact) mass is 222 g/mol. The van der Waals surface area contributed by atoms with Crippen LogP contribution in [0, 0.1) is 10.6 Å². The molecule has 2 aromatic rings. The first kappa shape index (κ1) is 10.3. The number of fused-ring (bicyclic) bond motifs is 1. The summed E-state index contributed by atoms with van der Waals surface area (Å²) >= 11 is 5.11. The summed E-state index contributed by atoms with van der Waals surface area (Å²) in [4.78, 5) is 11.4. The fourth-order valence-electron chi connectivity index (χ4n) is 1.46. The number of hydrogen-bond acceptors (Lipinski definition) is 3. The van der Waals surface area contributed by atoms with Crippen LogP contribution in [0.1, 0.15) is 20.3 Å². The number of aromatic nitrogens is 4. The molecule has 2 heterocycles. The van der Waals surface area contributed by atoms with Crippen molar-refractivity contribution < 1.29 is 0 Å². The van der Waals surface area contributed by atoms with E-state index in [1.807, 2.05) is 4.57 Å². The minimum Gasteiger partial charge on any atom is -0.341 e. The number of H-pyrrole nitrogens is 1. The highest BCUT2D eigenvalue weighted by Gasteiger charge is 2.04. The van der Waals surface area contributed by atoms with E-state index in [1.54, 1.807) is 12.7 Å². The normalized spacial score (nSPS) is 11.4. The minimum absolute atomic E-state index is 0.586. The predicted octanol–water partition coefficient (Wildman–Crippen LogP) is 2.53. The van der Waals surface area contributed by atoms with E-state index in [0.717, 1.165) is 24.1 Å². The molecule has 0 radical (unpaired) electrons. The number of rotatable bonds is 3. The van der Waals surface area contributed by atoms with Crippen LogP contribution in [-0.2, 0) is 6.54 Å². The Morgan fingerprint density at radius 2 is 2.27 bits per heavy atom. The van der Waals surface area contributed by atoms with E-state index in [2.05, 4.69) is 28.8 Å². The Kier molecular flexibility index (Phi) is 2.81. The van der Waals surface area contributed by atoms with Crippen molar-refractivity contribution in [1.29, 1.82) is 0 Å². The number of imidazole rings is 1. The van der Waals surface area contributed by atoms with E-state index < -0.39 is 0 Å². The van der Waals surface area contributed by atoms with Crippen molar-refractivity contribution in [2.75, 3.05) is 0 Å². The molecule has 0 atom stereocenters. The third-order valence-electron chi connectivity index (χ3n) is 2.37.